The first-order valence-electron chi connectivity index (χ1n) is 7.05. The molecule has 0 aliphatic carbocycles. The van der Waals surface area contributed by atoms with E-state index in [9.17, 15) is 9.46 Å². The van der Waals surface area contributed by atoms with Crippen molar-refractivity contribution in [2.75, 3.05) is 0 Å². The minimum atomic E-state index is -4.28. The molecule has 1 atom stereocenters. The van der Waals surface area contributed by atoms with E-state index in [0.29, 0.717) is 5.75 Å². The van der Waals surface area contributed by atoms with Crippen LogP contribution < -0.4 is 9.05 Å². The van der Waals surface area contributed by atoms with Gasteiger partial charge in [-0.1, -0.05) is 66.7 Å². The summed E-state index contributed by atoms with van der Waals surface area (Å²) in [5, 5.41) is 0. The third-order valence-corrected chi connectivity index (χ3v) is 4.02. The maximum absolute atomic E-state index is 12.2. The Morgan fingerprint density at radius 3 is 1.96 bits per heavy atom. The van der Waals surface area contributed by atoms with E-state index in [-0.39, 0.29) is 5.75 Å². The Bertz CT molecular complexity index is 819. The van der Waals surface area contributed by atoms with E-state index in [4.69, 9.17) is 9.05 Å². The molecule has 4 nitrogen and oxygen atoms in total. The summed E-state index contributed by atoms with van der Waals surface area (Å²) in [6, 6.07) is 25.0. The average Bonchev–Trinajstić information content (AvgIpc) is 2.56. The molecule has 0 spiro atoms. The minimum Gasteiger partial charge on any atom is -0.395 e. The van der Waals surface area contributed by atoms with Gasteiger partial charge in [-0.2, -0.15) is 0 Å². The van der Waals surface area contributed by atoms with Crippen molar-refractivity contribution < 1.29 is 18.5 Å². The average molecular weight is 326 g/mol. The van der Waals surface area contributed by atoms with Gasteiger partial charge < -0.3 is 9.05 Å². The Hall–Kier alpha value is -2.55. The van der Waals surface area contributed by atoms with Gasteiger partial charge in [0.2, 0.25) is 0 Å². The molecule has 1 N–H and O–H groups in total. The van der Waals surface area contributed by atoms with E-state index in [1.807, 2.05) is 42.5 Å². The Kier molecular flexibility index (Phi) is 4.47. The van der Waals surface area contributed by atoms with Crippen LogP contribution in [0.1, 0.15) is 0 Å². The zero-order valence-electron chi connectivity index (χ0n) is 12.2. The summed E-state index contributed by atoms with van der Waals surface area (Å²) in [4.78, 5) is 10.0. The van der Waals surface area contributed by atoms with Crippen LogP contribution in [0.25, 0.3) is 11.1 Å². The number of phosphoric ester groups is 1. The van der Waals surface area contributed by atoms with Crippen LogP contribution >= 0.6 is 7.82 Å². The van der Waals surface area contributed by atoms with Gasteiger partial charge in [-0.15, -0.1) is 0 Å². The van der Waals surface area contributed by atoms with Crippen molar-refractivity contribution in [2.24, 2.45) is 0 Å². The molecule has 0 amide bonds. The fraction of sp³-hybridized carbons (Fsp3) is 0. The normalized spacial score (nSPS) is 13.1. The molecule has 5 heteroatoms. The van der Waals surface area contributed by atoms with Crippen LogP contribution in [0.5, 0.6) is 11.5 Å². The highest BCUT2D eigenvalue weighted by molar-refractivity contribution is 7.48. The van der Waals surface area contributed by atoms with E-state index in [0.717, 1.165) is 11.1 Å². The molecule has 3 aromatic rings. The van der Waals surface area contributed by atoms with Gasteiger partial charge in [-0.3, -0.25) is 4.89 Å². The zero-order chi connectivity index (χ0) is 16.1. The summed E-state index contributed by atoms with van der Waals surface area (Å²) in [6.45, 7) is 0. The lowest BCUT2D eigenvalue weighted by Gasteiger charge is -2.16. The number of benzene rings is 3. The second kappa shape index (κ2) is 6.69. The highest BCUT2D eigenvalue weighted by atomic mass is 31.2. The Morgan fingerprint density at radius 2 is 1.26 bits per heavy atom. The summed E-state index contributed by atoms with van der Waals surface area (Å²) >= 11 is 0. The molecular formula is C18H15O4P. The van der Waals surface area contributed by atoms with Crippen molar-refractivity contribution in [2.45, 2.75) is 0 Å². The SMILES string of the molecule is O=P(O)(Oc1ccccc1)Oc1ccccc1-c1ccccc1. The maximum atomic E-state index is 12.2. The third kappa shape index (κ3) is 4.01. The Morgan fingerprint density at radius 1 is 0.696 bits per heavy atom. The number of hydrogen-bond acceptors (Lipinski definition) is 3. The number of rotatable bonds is 5. The molecule has 3 rings (SSSR count). The highest BCUT2D eigenvalue weighted by Gasteiger charge is 2.26. The topological polar surface area (TPSA) is 55.8 Å². The van der Waals surface area contributed by atoms with Crippen molar-refractivity contribution in [3.05, 3.63) is 84.9 Å². The number of phosphoric acid groups is 1. The van der Waals surface area contributed by atoms with Gasteiger partial charge in [-0.25, -0.2) is 4.57 Å². The first-order valence-corrected chi connectivity index (χ1v) is 8.55. The van der Waals surface area contributed by atoms with Gasteiger partial charge in [0.15, 0.2) is 0 Å². The summed E-state index contributed by atoms with van der Waals surface area (Å²) in [5.74, 6) is 0.566. The Labute approximate surface area is 134 Å². The molecule has 0 aliphatic heterocycles. The van der Waals surface area contributed by atoms with Crippen LogP contribution in [-0.4, -0.2) is 4.89 Å². The summed E-state index contributed by atoms with van der Waals surface area (Å²) in [7, 11) is -4.28. The van der Waals surface area contributed by atoms with Gasteiger partial charge in [0, 0.05) is 5.56 Å². The van der Waals surface area contributed by atoms with Gasteiger partial charge in [0.05, 0.1) is 0 Å². The molecule has 0 saturated carbocycles. The summed E-state index contributed by atoms with van der Waals surface area (Å²) < 4.78 is 22.6. The third-order valence-electron chi connectivity index (χ3n) is 3.15. The second-order valence-corrected chi connectivity index (χ2v) is 6.13. The molecule has 23 heavy (non-hydrogen) atoms. The molecule has 1 unspecified atom stereocenters. The highest BCUT2D eigenvalue weighted by Crippen LogP contribution is 2.46. The monoisotopic (exact) mass is 326 g/mol. The first kappa shape index (κ1) is 15.3. The molecule has 0 bridgehead atoms. The van der Waals surface area contributed by atoms with Crippen LogP contribution in [0, 0.1) is 0 Å². The molecule has 0 radical (unpaired) electrons. The second-order valence-electron chi connectivity index (χ2n) is 4.83. The van der Waals surface area contributed by atoms with Crippen molar-refractivity contribution >= 4 is 7.82 Å². The largest absolute Gasteiger partial charge is 0.584 e. The molecule has 0 heterocycles. The van der Waals surface area contributed by atoms with Crippen molar-refractivity contribution in [3.63, 3.8) is 0 Å². The molecule has 0 saturated heterocycles. The fourth-order valence-electron chi connectivity index (χ4n) is 2.16. The Balaban J connectivity index is 1.87. The van der Waals surface area contributed by atoms with Crippen LogP contribution in [-0.2, 0) is 4.57 Å². The van der Waals surface area contributed by atoms with Gasteiger partial charge in [0.1, 0.15) is 11.5 Å². The molecule has 0 aliphatic rings. The predicted octanol–water partition coefficient (Wildman–Crippen LogP) is 4.91. The maximum Gasteiger partial charge on any atom is 0.584 e. The molecule has 0 aromatic heterocycles. The van der Waals surface area contributed by atoms with Gasteiger partial charge >= 0.3 is 7.82 Å². The van der Waals surface area contributed by atoms with Gasteiger partial charge in [-0.05, 0) is 23.8 Å². The lowest BCUT2D eigenvalue weighted by atomic mass is 10.1. The van der Waals surface area contributed by atoms with Crippen LogP contribution in [0.4, 0.5) is 0 Å². The van der Waals surface area contributed by atoms with E-state index in [1.165, 1.54) is 0 Å². The smallest absolute Gasteiger partial charge is 0.395 e. The number of para-hydroxylation sites is 2. The van der Waals surface area contributed by atoms with Crippen LogP contribution in [0.2, 0.25) is 0 Å². The van der Waals surface area contributed by atoms with Crippen molar-refractivity contribution in [3.8, 4) is 22.6 Å². The lowest BCUT2D eigenvalue weighted by molar-refractivity contribution is 0.291. The molecule has 116 valence electrons. The zero-order valence-corrected chi connectivity index (χ0v) is 13.1. The van der Waals surface area contributed by atoms with Crippen LogP contribution in [0.15, 0.2) is 84.9 Å². The molecule has 0 fully saturated rings. The van der Waals surface area contributed by atoms with Crippen LogP contribution in [0.3, 0.4) is 0 Å². The lowest BCUT2D eigenvalue weighted by Crippen LogP contribution is -2.00. The quantitative estimate of drug-likeness (QED) is 0.677. The predicted molar refractivity (Wildman–Crippen MR) is 89.4 cm³/mol. The van der Waals surface area contributed by atoms with Crippen molar-refractivity contribution in [1.82, 2.24) is 0 Å². The van der Waals surface area contributed by atoms with E-state index in [1.54, 1.807) is 42.5 Å². The molecular weight excluding hydrogens is 311 g/mol. The fourth-order valence-corrected chi connectivity index (χ4v) is 2.99. The van der Waals surface area contributed by atoms with E-state index in [2.05, 4.69) is 0 Å². The standard InChI is InChI=1S/C18H15O4P/c19-23(20,21-16-11-5-2-6-12-16)22-18-14-8-7-13-17(18)15-9-3-1-4-10-15/h1-14H,(H,19,20). The number of hydrogen-bond donors (Lipinski definition) is 1. The first-order chi connectivity index (χ1) is 11.1. The summed E-state index contributed by atoms with van der Waals surface area (Å²) in [5.41, 5.74) is 1.61. The van der Waals surface area contributed by atoms with E-state index >= 15 is 0 Å². The van der Waals surface area contributed by atoms with E-state index < -0.39 is 7.82 Å². The van der Waals surface area contributed by atoms with Crippen molar-refractivity contribution in [1.29, 1.82) is 0 Å². The summed E-state index contributed by atoms with van der Waals surface area (Å²) in [6.07, 6.45) is 0. The minimum absolute atomic E-state index is 0.274. The van der Waals surface area contributed by atoms with Gasteiger partial charge in [0.25, 0.3) is 0 Å². The molecule has 3 aromatic carbocycles.